The number of hydrogen-bond acceptors (Lipinski definition) is 6. The van der Waals surface area contributed by atoms with Gasteiger partial charge in [0.1, 0.15) is 0 Å². The molecule has 0 amide bonds. The molecule has 0 aromatic rings. The molecule has 0 aliphatic carbocycles. The van der Waals surface area contributed by atoms with E-state index < -0.39 is 16.0 Å². The molecule has 0 atom stereocenters. The van der Waals surface area contributed by atoms with Crippen LogP contribution in [0.1, 0.15) is 581 Å². The van der Waals surface area contributed by atoms with Crippen LogP contribution in [0.25, 0.3) is 0 Å². The van der Waals surface area contributed by atoms with Crippen LogP contribution in [-0.4, -0.2) is 82.9 Å². The first kappa shape index (κ1) is 111. The first-order chi connectivity index (χ1) is 53.9. The van der Waals surface area contributed by atoms with Crippen molar-refractivity contribution < 1.29 is 0 Å². The second-order valence-electron chi connectivity index (χ2n) is 34.8. The van der Waals surface area contributed by atoms with Gasteiger partial charge in [0.25, 0.3) is 0 Å². The third-order valence-corrected chi connectivity index (χ3v) is 47.7. The van der Waals surface area contributed by atoms with Crippen LogP contribution in [-0.2, 0) is 0 Å². The van der Waals surface area contributed by atoms with Crippen molar-refractivity contribution in [3.05, 3.63) is 0 Å². The van der Waals surface area contributed by atoms with Gasteiger partial charge in [0.2, 0.25) is 0 Å². The molecule has 0 heterocycles. The second kappa shape index (κ2) is 96.7. The molecule has 10 heteroatoms. The Morgan fingerprint density at radius 1 is 0.147 bits per heavy atom. The Morgan fingerprint density at radius 2 is 0.229 bits per heavy atom. The first-order valence-electron chi connectivity index (χ1n) is 50.6. The predicted octanol–water partition coefficient (Wildman–Crippen LogP) is 37.8. The Morgan fingerprint density at radius 3 is 0.321 bits per heavy atom. The Bertz CT molecular complexity index is 1470. The van der Waals surface area contributed by atoms with Crippen LogP contribution in [0.4, 0.5) is 0 Å². The molecule has 650 valence electrons. The van der Waals surface area contributed by atoms with Gasteiger partial charge in [-0.05, 0) is 0 Å². The molecule has 0 unspecified atom stereocenters. The number of nitrogens with zero attached hydrogens (tertiary/aromatic N) is 3. The van der Waals surface area contributed by atoms with Gasteiger partial charge >= 0.3 is 454 Å². The quantitative estimate of drug-likeness (QED) is 0.0332. The molecular formula is C99H198N3S6Sb. The Balaban J connectivity index is 6.69. The Hall–Kier alpha value is 1.54. The molecule has 109 heavy (non-hydrogen) atoms. The molecule has 0 saturated heterocycles. The minimum Gasteiger partial charge on any atom is -0.0654 e. The van der Waals surface area contributed by atoms with Gasteiger partial charge in [-0.25, -0.2) is 0 Å². The number of hydrogen-bond donors (Lipinski definition) is 0. The van der Waals surface area contributed by atoms with Gasteiger partial charge in [-0.2, -0.15) is 0 Å². The van der Waals surface area contributed by atoms with E-state index in [0.717, 1.165) is 39.3 Å². The van der Waals surface area contributed by atoms with Crippen LogP contribution in [0, 0.1) is 0 Å². The summed E-state index contributed by atoms with van der Waals surface area (Å²) in [6.07, 6.45) is 118. The average molecular weight is 1740 g/mol. The van der Waals surface area contributed by atoms with Gasteiger partial charge in [0.15, 0.2) is 0 Å². The summed E-state index contributed by atoms with van der Waals surface area (Å²) < 4.78 is 3.57. The third kappa shape index (κ3) is 85.8. The predicted molar refractivity (Wildman–Crippen MR) is 523 cm³/mol. The van der Waals surface area contributed by atoms with Crippen molar-refractivity contribution in [1.82, 2.24) is 14.7 Å². The second-order valence-corrected chi connectivity index (χ2v) is 56.4. The topological polar surface area (TPSA) is 9.72 Å². The molecule has 3 nitrogen and oxygen atoms in total. The van der Waals surface area contributed by atoms with E-state index in [1.807, 2.05) is 0 Å². The molecule has 0 aromatic heterocycles. The summed E-state index contributed by atoms with van der Waals surface area (Å²) in [6.45, 7) is 20.7. The van der Waals surface area contributed by atoms with E-state index in [1.165, 1.54) is 552 Å². The van der Waals surface area contributed by atoms with E-state index in [1.54, 1.807) is 0 Å². The number of thiocarbonyl (C=S) groups is 3. The normalized spacial score (nSPS) is 11.7. The molecule has 0 N–H and O–H groups in total. The maximum absolute atomic E-state index is 6.86. The van der Waals surface area contributed by atoms with Crippen LogP contribution < -0.4 is 0 Å². The maximum atomic E-state index is 6.86. The van der Waals surface area contributed by atoms with Crippen molar-refractivity contribution >= 4 is 92.2 Å². The third-order valence-electron chi connectivity index (χ3n) is 23.9. The summed E-state index contributed by atoms with van der Waals surface area (Å²) in [6, 6.07) is 0. The van der Waals surface area contributed by atoms with Crippen LogP contribution in [0.15, 0.2) is 0 Å². The summed E-state index contributed by atoms with van der Waals surface area (Å²) in [5.74, 6) is 0. The zero-order valence-corrected chi connectivity index (χ0v) is 82.8. The molecule has 0 spiro atoms. The van der Waals surface area contributed by atoms with Crippen LogP contribution in [0.5, 0.6) is 0 Å². The van der Waals surface area contributed by atoms with Crippen molar-refractivity contribution in [2.24, 2.45) is 0 Å². The summed E-state index contributed by atoms with van der Waals surface area (Å²) >= 11 is 18.1. The van der Waals surface area contributed by atoms with E-state index in [0.29, 0.717) is 0 Å². The van der Waals surface area contributed by atoms with Gasteiger partial charge in [-0.1, -0.05) is 273 Å². The van der Waals surface area contributed by atoms with Gasteiger partial charge in [-0.15, -0.1) is 0 Å². The van der Waals surface area contributed by atoms with Crippen molar-refractivity contribution in [3.63, 3.8) is 0 Å². The zero-order valence-electron chi connectivity index (χ0n) is 75.4. The van der Waals surface area contributed by atoms with E-state index in [2.05, 4.69) is 82.8 Å². The van der Waals surface area contributed by atoms with Crippen molar-refractivity contribution in [2.75, 3.05) is 39.3 Å². The molecular weight excluding hydrogens is 1550 g/mol. The smallest absolute Gasteiger partial charge is 0.0654 e. The van der Waals surface area contributed by atoms with Gasteiger partial charge in [0.05, 0.1) is 0 Å². The van der Waals surface area contributed by atoms with Gasteiger partial charge in [-0.3, -0.25) is 0 Å². The standard InChI is InChI=1S/3C33H67NS2.Sb/c3*1-3-5-7-9-11-13-15-17-19-21-23-25-27-29-31-34(33(35)36)32-30-28-26-24-22-20-18-16-14-12-10-8-6-4-2;/h3*3-32H2,1-2H3,(H,35,36);/q;;;+3/p-3. The summed E-state index contributed by atoms with van der Waals surface area (Å²) in [5.41, 5.74) is 0. The van der Waals surface area contributed by atoms with Gasteiger partial charge in [0, 0.05) is 0 Å². The number of unbranched alkanes of at least 4 members (excludes halogenated alkanes) is 78. The van der Waals surface area contributed by atoms with E-state index >= 15 is 0 Å². The van der Waals surface area contributed by atoms with E-state index in [4.69, 9.17) is 36.7 Å². The molecule has 0 radical (unpaired) electrons. The minimum absolute atomic E-state index is 1.12. The van der Waals surface area contributed by atoms with Crippen molar-refractivity contribution in [1.29, 1.82) is 0 Å². The number of rotatable bonds is 93. The van der Waals surface area contributed by atoms with E-state index in [9.17, 15) is 0 Å². The summed E-state index contributed by atoms with van der Waals surface area (Å²) in [4.78, 5) is 8.19. The zero-order chi connectivity index (χ0) is 78.8. The SMILES string of the molecule is CCCCCCCCCCCCCCCCN(CCCCCCCCCCCCCCCC)C(=S)[S][Sb]([S]C(=S)N(CCCCCCCCCCCCCCCC)CCCCCCCCCCCCCCCC)[S]C(=S)N(CCCCCCCCCCCCCCCC)CCCCCCCCCCCCCCCC. The monoisotopic (exact) mass is 1740 g/mol. The average Bonchev–Trinajstić information content (AvgIpc) is 0.873. The molecule has 0 aromatic carbocycles. The molecule has 0 rings (SSSR count). The Labute approximate surface area is 720 Å². The van der Waals surface area contributed by atoms with E-state index in [-0.39, 0.29) is 0 Å². The first-order valence-corrected chi connectivity index (χ1v) is 63.5. The fourth-order valence-corrected chi connectivity index (χ4v) is 46.4. The molecule has 0 bridgehead atoms. The molecule has 0 aliphatic heterocycles. The van der Waals surface area contributed by atoms with Gasteiger partial charge < -0.3 is 0 Å². The summed E-state index contributed by atoms with van der Waals surface area (Å²) in [7, 11) is 6.45. The molecule has 0 fully saturated rings. The van der Waals surface area contributed by atoms with Crippen LogP contribution in [0.2, 0.25) is 0 Å². The minimum atomic E-state index is -2.46. The Kier molecular flexibility index (Phi) is 98.0. The van der Waals surface area contributed by atoms with Crippen molar-refractivity contribution in [3.8, 4) is 0 Å². The fraction of sp³-hybridized carbons (Fsp3) is 0.970. The molecule has 0 aliphatic rings. The van der Waals surface area contributed by atoms with Crippen molar-refractivity contribution in [2.45, 2.75) is 581 Å². The van der Waals surface area contributed by atoms with Crippen LogP contribution in [0.3, 0.4) is 0 Å². The summed E-state index contributed by atoms with van der Waals surface area (Å²) in [5, 5.41) is 0. The van der Waals surface area contributed by atoms with Crippen LogP contribution >= 0.6 is 63.2 Å². The molecule has 0 saturated carbocycles. The fourth-order valence-electron chi connectivity index (χ4n) is 16.3.